The second-order valence-electron chi connectivity index (χ2n) is 5.68. The van der Waals surface area contributed by atoms with Gasteiger partial charge in [-0.1, -0.05) is 16.8 Å². The SMILES string of the molecule is c1ccc2c(c1)nnn2C(N1CCCC1)=[N+]1CCCC1. The quantitative estimate of drug-likeness (QED) is 0.538. The van der Waals surface area contributed by atoms with E-state index in [0.717, 1.165) is 37.2 Å². The van der Waals surface area contributed by atoms with Gasteiger partial charge in [-0.3, -0.25) is 9.48 Å². The maximum atomic E-state index is 4.43. The molecule has 0 bridgehead atoms. The highest BCUT2D eigenvalue weighted by Crippen LogP contribution is 2.16. The minimum absolute atomic E-state index is 0.975. The maximum Gasteiger partial charge on any atom is 0.381 e. The highest BCUT2D eigenvalue weighted by atomic mass is 15.5. The molecule has 0 atom stereocenters. The van der Waals surface area contributed by atoms with E-state index in [-0.39, 0.29) is 0 Å². The molecule has 5 heteroatoms. The Labute approximate surface area is 118 Å². The van der Waals surface area contributed by atoms with Gasteiger partial charge in [-0.05, 0) is 37.8 Å². The van der Waals surface area contributed by atoms with Gasteiger partial charge in [-0.25, -0.2) is 0 Å². The Balaban J connectivity index is 1.87. The third-order valence-electron chi connectivity index (χ3n) is 4.32. The van der Waals surface area contributed by atoms with Crippen molar-refractivity contribution in [3.05, 3.63) is 24.3 Å². The number of fused-ring (bicyclic) bond motifs is 1. The number of likely N-dealkylation sites (tertiary alicyclic amines) is 1. The Kier molecular flexibility index (Phi) is 2.90. The molecule has 0 saturated carbocycles. The summed E-state index contributed by atoms with van der Waals surface area (Å²) in [6.07, 6.45) is 5.13. The van der Waals surface area contributed by atoms with E-state index >= 15 is 0 Å². The summed E-state index contributed by atoms with van der Waals surface area (Å²) < 4.78 is 4.53. The Hall–Kier alpha value is -1.91. The van der Waals surface area contributed by atoms with E-state index in [2.05, 4.69) is 31.9 Å². The molecule has 2 saturated heterocycles. The number of hydrogen-bond acceptors (Lipinski definition) is 2. The summed E-state index contributed by atoms with van der Waals surface area (Å²) in [4.78, 5) is 2.48. The summed E-state index contributed by atoms with van der Waals surface area (Å²) in [6, 6.07) is 8.23. The van der Waals surface area contributed by atoms with E-state index in [0.29, 0.717) is 0 Å². The monoisotopic (exact) mass is 270 g/mol. The van der Waals surface area contributed by atoms with Gasteiger partial charge < -0.3 is 0 Å². The van der Waals surface area contributed by atoms with Crippen LogP contribution in [0.2, 0.25) is 0 Å². The molecule has 20 heavy (non-hydrogen) atoms. The Morgan fingerprint density at radius 1 is 1.00 bits per heavy atom. The first-order valence-electron chi connectivity index (χ1n) is 7.61. The van der Waals surface area contributed by atoms with Gasteiger partial charge in [0.25, 0.3) is 0 Å². The molecule has 2 aliphatic rings. The topological polar surface area (TPSA) is 37.0 Å². The van der Waals surface area contributed by atoms with Crippen LogP contribution in [0.15, 0.2) is 24.3 Å². The van der Waals surface area contributed by atoms with Gasteiger partial charge in [0.05, 0.1) is 26.2 Å². The van der Waals surface area contributed by atoms with Crippen molar-refractivity contribution in [2.45, 2.75) is 25.7 Å². The number of aromatic nitrogens is 3. The predicted molar refractivity (Wildman–Crippen MR) is 78.0 cm³/mol. The van der Waals surface area contributed by atoms with Crippen LogP contribution in [0.25, 0.3) is 11.0 Å². The molecule has 104 valence electrons. The smallest absolute Gasteiger partial charge is 0.263 e. The average Bonchev–Trinajstić information content (AvgIpc) is 3.22. The molecule has 2 aliphatic heterocycles. The van der Waals surface area contributed by atoms with E-state index in [1.165, 1.54) is 31.6 Å². The standard InChI is InChI=1S/C15H20N5/c1-2-8-14-13(7-1)16-17-20(14)15(18-9-3-4-10-18)19-11-5-6-12-19/h1-2,7-8H,3-6,9-12H2/q+1. The molecule has 0 amide bonds. The number of hydrogen-bond donors (Lipinski definition) is 0. The molecular formula is C15H20N5+. The number of rotatable bonds is 0. The van der Waals surface area contributed by atoms with Crippen LogP contribution < -0.4 is 0 Å². The minimum atomic E-state index is 0.975. The van der Waals surface area contributed by atoms with Crippen LogP contribution in [0.1, 0.15) is 25.7 Å². The number of nitrogens with zero attached hydrogens (tertiary/aromatic N) is 5. The molecular weight excluding hydrogens is 250 g/mol. The fourth-order valence-corrected chi connectivity index (χ4v) is 3.32. The third-order valence-corrected chi connectivity index (χ3v) is 4.32. The van der Waals surface area contributed by atoms with Gasteiger partial charge in [-0.15, -0.1) is 5.10 Å². The van der Waals surface area contributed by atoms with Crippen LogP contribution in [-0.2, 0) is 0 Å². The zero-order valence-electron chi connectivity index (χ0n) is 11.7. The zero-order valence-corrected chi connectivity index (χ0v) is 11.7. The lowest BCUT2D eigenvalue weighted by atomic mass is 10.3. The first kappa shape index (κ1) is 11.9. The molecule has 5 nitrogen and oxygen atoms in total. The van der Waals surface area contributed by atoms with Crippen LogP contribution in [0, 0.1) is 0 Å². The fraction of sp³-hybridized carbons (Fsp3) is 0.533. The van der Waals surface area contributed by atoms with Crippen molar-refractivity contribution < 1.29 is 4.58 Å². The molecule has 1 aromatic carbocycles. The Morgan fingerprint density at radius 3 is 2.55 bits per heavy atom. The van der Waals surface area contributed by atoms with Crippen molar-refractivity contribution in [2.24, 2.45) is 0 Å². The predicted octanol–water partition coefficient (Wildman–Crippen LogP) is 1.54. The van der Waals surface area contributed by atoms with Gasteiger partial charge >= 0.3 is 5.96 Å². The molecule has 2 fully saturated rings. The maximum absolute atomic E-state index is 4.43. The molecule has 1 aromatic heterocycles. The molecule has 0 radical (unpaired) electrons. The molecule has 4 rings (SSSR count). The van der Waals surface area contributed by atoms with Crippen molar-refractivity contribution >= 4 is 17.0 Å². The summed E-state index contributed by atoms with van der Waals surface area (Å²) in [6.45, 7) is 4.56. The lowest BCUT2D eigenvalue weighted by molar-refractivity contribution is -0.513. The summed E-state index contributed by atoms with van der Waals surface area (Å²) in [5.74, 6) is 1.24. The van der Waals surface area contributed by atoms with E-state index in [1.54, 1.807) is 0 Å². The number of benzene rings is 1. The molecule has 0 unspecified atom stereocenters. The van der Waals surface area contributed by atoms with Crippen LogP contribution in [0.3, 0.4) is 0 Å². The molecule has 2 aromatic rings. The summed E-state index contributed by atoms with van der Waals surface area (Å²) in [5, 5.41) is 8.75. The van der Waals surface area contributed by atoms with Gasteiger partial charge in [0.2, 0.25) is 0 Å². The van der Waals surface area contributed by atoms with Gasteiger partial charge in [0.15, 0.2) is 5.52 Å². The lowest BCUT2D eigenvalue weighted by Gasteiger charge is -2.15. The Morgan fingerprint density at radius 2 is 1.75 bits per heavy atom. The van der Waals surface area contributed by atoms with E-state index in [4.69, 9.17) is 0 Å². The van der Waals surface area contributed by atoms with Gasteiger partial charge in [0, 0.05) is 5.21 Å². The fourth-order valence-electron chi connectivity index (χ4n) is 3.32. The largest absolute Gasteiger partial charge is 0.381 e. The zero-order chi connectivity index (χ0) is 13.4. The minimum Gasteiger partial charge on any atom is -0.263 e. The van der Waals surface area contributed by atoms with Crippen molar-refractivity contribution in [1.82, 2.24) is 19.9 Å². The average molecular weight is 270 g/mol. The second-order valence-corrected chi connectivity index (χ2v) is 5.68. The van der Waals surface area contributed by atoms with E-state index in [1.807, 2.05) is 16.8 Å². The van der Waals surface area contributed by atoms with Crippen molar-refractivity contribution in [2.75, 3.05) is 26.2 Å². The van der Waals surface area contributed by atoms with Crippen LogP contribution >= 0.6 is 0 Å². The van der Waals surface area contributed by atoms with E-state index < -0.39 is 0 Å². The van der Waals surface area contributed by atoms with Crippen LogP contribution in [0.5, 0.6) is 0 Å². The lowest BCUT2D eigenvalue weighted by Crippen LogP contribution is -2.41. The third kappa shape index (κ3) is 1.88. The summed E-state index contributed by atoms with van der Waals surface area (Å²) in [7, 11) is 0. The van der Waals surface area contributed by atoms with Crippen molar-refractivity contribution in [3.8, 4) is 0 Å². The second kappa shape index (κ2) is 4.89. The highest BCUT2D eigenvalue weighted by molar-refractivity contribution is 5.88. The normalized spacial score (nSPS) is 19.2. The molecule has 3 heterocycles. The molecule has 0 aliphatic carbocycles. The number of para-hydroxylation sites is 1. The van der Waals surface area contributed by atoms with Crippen molar-refractivity contribution in [1.29, 1.82) is 0 Å². The molecule has 0 spiro atoms. The van der Waals surface area contributed by atoms with Gasteiger partial charge in [-0.2, -0.15) is 0 Å². The molecule has 0 N–H and O–H groups in total. The van der Waals surface area contributed by atoms with Gasteiger partial charge in [0.1, 0.15) is 5.52 Å². The first-order chi connectivity index (χ1) is 9.93. The van der Waals surface area contributed by atoms with Crippen LogP contribution in [0.4, 0.5) is 0 Å². The van der Waals surface area contributed by atoms with Crippen LogP contribution in [-0.4, -0.2) is 56.6 Å². The van der Waals surface area contributed by atoms with E-state index in [9.17, 15) is 0 Å². The Bertz CT molecular complexity index is 643. The summed E-state index contributed by atoms with van der Waals surface area (Å²) >= 11 is 0. The first-order valence-corrected chi connectivity index (χ1v) is 7.61. The summed E-state index contributed by atoms with van der Waals surface area (Å²) in [5.41, 5.74) is 2.09. The highest BCUT2D eigenvalue weighted by Gasteiger charge is 2.31. The van der Waals surface area contributed by atoms with Crippen molar-refractivity contribution in [3.63, 3.8) is 0 Å².